The summed E-state index contributed by atoms with van der Waals surface area (Å²) in [7, 11) is 1.61. The van der Waals surface area contributed by atoms with Crippen LogP contribution in [0, 0.1) is 0 Å². The normalized spacial score (nSPS) is 16.6. The minimum absolute atomic E-state index is 0.0374. The van der Waals surface area contributed by atoms with Gasteiger partial charge in [-0.3, -0.25) is 0 Å². The Hall–Kier alpha value is -2.34. The first-order valence-electron chi connectivity index (χ1n) is 8.10. The van der Waals surface area contributed by atoms with Gasteiger partial charge in [-0.2, -0.15) is 0 Å². The summed E-state index contributed by atoms with van der Waals surface area (Å²) in [4.78, 5) is 12.1. The van der Waals surface area contributed by atoms with Crippen LogP contribution in [-0.4, -0.2) is 28.9 Å². The van der Waals surface area contributed by atoms with E-state index in [-0.39, 0.29) is 6.61 Å². The van der Waals surface area contributed by atoms with Crippen LogP contribution >= 0.6 is 0 Å². The van der Waals surface area contributed by atoms with Crippen LogP contribution in [0.5, 0.6) is 5.75 Å². The van der Waals surface area contributed by atoms with Crippen molar-refractivity contribution in [3.8, 4) is 17.0 Å². The van der Waals surface area contributed by atoms with Gasteiger partial charge in [-0.1, -0.05) is 11.6 Å². The summed E-state index contributed by atoms with van der Waals surface area (Å²) < 4.78 is 15.5. The highest BCUT2D eigenvalue weighted by molar-refractivity contribution is 5.79. The van der Waals surface area contributed by atoms with E-state index in [1.54, 1.807) is 13.2 Å². The molecule has 0 unspecified atom stereocenters. The van der Waals surface area contributed by atoms with Crippen molar-refractivity contribution in [1.82, 2.24) is 5.16 Å². The van der Waals surface area contributed by atoms with Crippen molar-refractivity contribution >= 4 is 5.97 Å². The van der Waals surface area contributed by atoms with Gasteiger partial charge in [-0.05, 0) is 49.9 Å². The van der Waals surface area contributed by atoms with Crippen LogP contribution < -0.4 is 4.74 Å². The van der Waals surface area contributed by atoms with Crippen molar-refractivity contribution in [1.29, 1.82) is 0 Å². The van der Waals surface area contributed by atoms with Gasteiger partial charge in [0, 0.05) is 11.6 Å². The van der Waals surface area contributed by atoms with Gasteiger partial charge in [0.1, 0.15) is 11.4 Å². The lowest BCUT2D eigenvalue weighted by atomic mass is 9.85. The molecule has 6 heteroatoms. The molecule has 0 amide bonds. The molecular formula is C18H21NO5. The van der Waals surface area contributed by atoms with Crippen molar-refractivity contribution in [3.63, 3.8) is 0 Å². The maximum Gasteiger partial charge on any atom is 0.338 e. The average Bonchev–Trinajstić information content (AvgIpc) is 3.09. The Kier molecular flexibility index (Phi) is 4.85. The number of benzene rings is 1. The van der Waals surface area contributed by atoms with Crippen molar-refractivity contribution in [3.05, 3.63) is 36.1 Å². The molecule has 1 aliphatic rings. The molecule has 2 aromatic rings. The Labute approximate surface area is 140 Å². The zero-order valence-electron chi connectivity index (χ0n) is 13.7. The molecule has 1 aromatic heterocycles. The van der Waals surface area contributed by atoms with E-state index >= 15 is 0 Å². The first-order chi connectivity index (χ1) is 11.6. The number of aromatic nitrogens is 1. The Morgan fingerprint density at radius 3 is 2.62 bits per heavy atom. The first-order valence-corrected chi connectivity index (χ1v) is 8.10. The highest BCUT2D eigenvalue weighted by atomic mass is 16.6. The largest absolute Gasteiger partial charge is 0.497 e. The molecule has 0 bridgehead atoms. The van der Waals surface area contributed by atoms with Gasteiger partial charge >= 0.3 is 5.97 Å². The maximum atomic E-state index is 12.1. The average molecular weight is 331 g/mol. The molecule has 1 N–H and O–H groups in total. The summed E-state index contributed by atoms with van der Waals surface area (Å²) in [5.74, 6) is 0.621. The highest BCUT2D eigenvalue weighted by Crippen LogP contribution is 2.29. The van der Waals surface area contributed by atoms with E-state index in [0.29, 0.717) is 24.3 Å². The summed E-state index contributed by atoms with van der Waals surface area (Å²) in [6.45, 7) is -0.0374. The third kappa shape index (κ3) is 3.59. The molecule has 128 valence electrons. The summed E-state index contributed by atoms with van der Waals surface area (Å²) in [5, 5.41) is 14.3. The van der Waals surface area contributed by atoms with Crippen molar-refractivity contribution in [2.24, 2.45) is 0 Å². The molecule has 1 fully saturated rings. The van der Waals surface area contributed by atoms with E-state index in [4.69, 9.17) is 14.0 Å². The van der Waals surface area contributed by atoms with Gasteiger partial charge < -0.3 is 19.1 Å². The van der Waals surface area contributed by atoms with E-state index < -0.39 is 11.6 Å². The fraction of sp³-hybridized carbons (Fsp3) is 0.444. The molecule has 0 spiro atoms. The molecule has 24 heavy (non-hydrogen) atoms. The smallest absolute Gasteiger partial charge is 0.338 e. The third-order valence-electron chi connectivity index (χ3n) is 4.35. The molecule has 1 saturated carbocycles. The molecule has 6 nitrogen and oxygen atoms in total. The Balaban J connectivity index is 1.60. The molecule has 0 aliphatic heterocycles. The zero-order chi connectivity index (χ0) is 17.0. The number of carbonyl (C=O) groups is 1. The summed E-state index contributed by atoms with van der Waals surface area (Å²) in [6.07, 6.45) is 3.65. The number of nitrogens with zero attached hydrogens (tertiary/aromatic N) is 1. The second-order valence-electron chi connectivity index (χ2n) is 6.08. The standard InChI is InChI=1S/C18H21NO5/c1-22-14-7-5-13(6-8-14)16-11-15(24-19-16)12-23-17(20)18(21)9-3-2-4-10-18/h5-8,11,21H,2-4,9-10,12H2,1H3. The van der Waals surface area contributed by atoms with Gasteiger partial charge in [0.05, 0.1) is 7.11 Å². The van der Waals surface area contributed by atoms with Crippen LogP contribution in [0.4, 0.5) is 0 Å². The van der Waals surface area contributed by atoms with E-state index in [2.05, 4.69) is 5.16 Å². The number of carbonyl (C=O) groups excluding carboxylic acids is 1. The summed E-state index contributed by atoms with van der Waals surface area (Å²) in [5.41, 5.74) is 0.181. The van der Waals surface area contributed by atoms with Crippen molar-refractivity contribution < 1.29 is 23.9 Å². The minimum Gasteiger partial charge on any atom is -0.497 e. The van der Waals surface area contributed by atoms with Crippen LogP contribution in [0.15, 0.2) is 34.9 Å². The fourth-order valence-electron chi connectivity index (χ4n) is 2.89. The number of hydrogen-bond acceptors (Lipinski definition) is 6. The second kappa shape index (κ2) is 7.05. The minimum atomic E-state index is -1.35. The zero-order valence-corrected chi connectivity index (χ0v) is 13.7. The van der Waals surface area contributed by atoms with Gasteiger partial charge in [0.25, 0.3) is 0 Å². The molecule has 3 rings (SSSR count). The number of rotatable bonds is 5. The van der Waals surface area contributed by atoms with E-state index in [1.807, 2.05) is 24.3 Å². The number of ether oxygens (including phenoxy) is 2. The topological polar surface area (TPSA) is 81.8 Å². The highest BCUT2D eigenvalue weighted by Gasteiger charge is 2.38. The molecule has 1 aliphatic carbocycles. The SMILES string of the molecule is COc1ccc(-c2cc(COC(=O)C3(O)CCCCC3)on2)cc1. The van der Waals surface area contributed by atoms with Crippen LogP contribution in [0.3, 0.4) is 0 Å². The fourth-order valence-corrected chi connectivity index (χ4v) is 2.89. The molecule has 1 aromatic carbocycles. The van der Waals surface area contributed by atoms with Crippen LogP contribution in [-0.2, 0) is 16.1 Å². The van der Waals surface area contributed by atoms with Crippen LogP contribution in [0.25, 0.3) is 11.3 Å². The van der Waals surface area contributed by atoms with Gasteiger partial charge in [-0.25, -0.2) is 4.79 Å². The monoisotopic (exact) mass is 331 g/mol. The van der Waals surface area contributed by atoms with Gasteiger partial charge in [0.15, 0.2) is 18.0 Å². The Bertz CT molecular complexity index is 686. The van der Waals surface area contributed by atoms with E-state index in [1.165, 1.54) is 0 Å². The third-order valence-corrected chi connectivity index (χ3v) is 4.35. The first kappa shape index (κ1) is 16.5. The number of aliphatic hydroxyl groups is 1. The predicted octanol–water partition coefficient (Wildman–Crippen LogP) is 3.09. The molecule has 0 saturated heterocycles. The number of esters is 1. The van der Waals surface area contributed by atoms with Crippen LogP contribution in [0.1, 0.15) is 37.9 Å². The quantitative estimate of drug-likeness (QED) is 0.848. The van der Waals surface area contributed by atoms with Crippen molar-refractivity contribution in [2.45, 2.75) is 44.3 Å². The van der Waals surface area contributed by atoms with Gasteiger partial charge in [0.2, 0.25) is 0 Å². The number of hydrogen-bond donors (Lipinski definition) is 1. The Morgan fingerprint density at radius 2 is 1.96 bits per heavy atom. The van der Waals surface area contributed by atoms with Crippen LogP contribution in [0.2, 0.25) is 0 Å². The molecule has 1 heterocycles. The predicted molar refractivity (Wildman–Crippen MR) is 86.3 cm³/mol. The van der Waals surface area contributed by atoms with E-state index in [0.717, 1.165) is 30.6 Å². The molecule has 0 radical (unpaired) electrons. The maximum absolute atomic E-state index is 12.1. The Morgan fingerprint density at radius 1 is 1.25 bits per heavy atom. The lowest BCUT2D eigenvalue weighted by Crippen LogP contribution is -2.41. The van der Waals surface area contributed by atoms with Gasteiger partial charge in [-0.15, -0.1) is 0 Å². The lowest BCUT2D eigenvalue weighted by molar-refractivity contribution is -0.171. The van der Waals surface area contributed by atoms with Crippen molar-refractivity contribution in [2.75, 3.05) is 7.11 Å². The summed E-state index contributed by atoms with van der Waals surface area (Å²) >= 11 is 0. The molecular weight excluding hydrogens is 310 g/mol. The number of methoxy groups -OCH3 is 1. The van der Waals surface area contributed by atoms with E-state index in [9.17, 15) is 9.90 Å². The molecule has 0 atom stereocenters. The summed E-state index contributed by atoms with van der Waals surface area (Å²) in [6, 6.07) is 9.14. The lowest BCUT2D eigenvalue weighted by Gasteiger charge is -2.29. The second-order valence-corrected chi connectivity index (χ2v) is 6.08.